The number of hydrogen-bond donors (Lipinski definition) is 1. The molecule has 0 bridgehead atoms. The first-order valence-electron chi connectivity index (χ1n) is 3.87. The van der Waals surface area contributed by atoms with Crippen LogP contribution in [0.1, 0.15) is 10.4 Å². The van der Waals surface area contributed by atoms with Gasteiger partial charge in [-0.05, 0) is 39.7 Å². The van der Waals surface area contributed by atoms with Crippen molar-refractivity contribution in [3.63, 3.8) is 0 Å². The fraction of sp³-hybridized carbons (Fsp3) is 0.125. The first-order chi connectivity index (χ1) is 7.27. The van der Waals surface area contributed by atoms with Crippen LogP contribution in [0, 0.1) is 0 Å². The smallest absolute Gasteiger partial charge is 0.256 e. The Morgan fingerprint density at radius 3 is 2.44 bits per heavy atom. The van der Waals surface area contributed by atoms with Crippen LogP contribution in [0.5, 0.6) is 5.75 Å². The normalized spacial score (nSPS) is 11.2. The number of ether oxygens (including phenoxy) is 1. The summed E-state index contributed by atoms with van der Waals surface area (Å²) in [5.74, 6) is 0.166. The summed E-state index contributed by atoms with van der Waals surface area (Å²) in [5.41, 5.74) is -0.0589. The molecule has 5 nitrogen and oxygen atoms in total. The van der Waals surface area contributed by atoms with Crippen molar-refractivity contribution in [1.29, 1.82) is 0 Å². The van der Waals surface area contributed by atoms with Gasteiger partial charge in [-0.2, -0.15) is 0 Å². The first kappa shape index (κ1) is 13.4. The van der Waals surface area contributed by atoms with Crippen molar-refractivity contribution >= 4 is 42.8 Å². The summed E-state index contributed by atoms with van der Waals surface area (Å²) in [6.45, 7) is 0. The van der Waals surface area contributed by atoms with Crippen LogP contribution in [-0.2, 0) is 10.0 Å². The molecule has 0 aromatic heterocycles. The van der Waals surface area contributed by atoms with E-state index in [1.807, 2.05) is 0 Å². The molecule has 0 unspecified atom stereocenters. The van der Waals surface area contributed by atoms with Crippen molar-refractivity contribution in [3.8, 4) is 5.75 Å². The van der Waals surface area contributed by atoms with E-state index in [9.17, 15) is 13.2 Å². The topological polar surface area (TPSA) is 86.5 Å². The van der Waals surface area contributed by atoms with E-state index in [1.54, 1.807) is 0 Å². The highest BCUT2D eigenvalue weighted by molar-refractivity contribution is 9.10. The fourth-order valence-electron chi connectivity index (χ4n) is 1.08. The van der Waals surface area contributed by atoms with Gasteiger partial charge in [-0.1, -0.05) is 0 Å². The van der Waals surface area contributed by atoms with E-state index in [0.717, 1.165) is 6.07 Å². The third kappa shape index (κ3) is 2.73. The minimum atomic E-state index is -3.93. The molecule has 8 heteroatoms. The van der Waals surface area contributed by atoms with Crippen molar-refractivity contribution in [1.82, 2.24) is 0 Å². The van der Waals surface area contributed by atoms with Crippen molar-refractivity contribution < 1.29 is 17.9 Å². The SMILES string of the molecule is COc1cc(Br)c(S(N)(=O)=O)cc1C(=O)Cl. The van der Waals surface area contributed by atoms with Crippen molar-refractivity contribution in [2.45, 2.75) is 4.90 Å². The Morgan fingerprint density at radius 1 is 1.50 bits per heavy atom. The third-order valence-electron chi connectivity index (χ3n) is 1.77. The Hall–Kier alpha value is -0.630. The summed E-state index contributed by atoms with van der Waals surface area (Å²) < 4.78 is 27.4. The van der Waals surface area contributed by atoms with E-state index in [4.69, 9.17) is 21.5 Å². The lowest BCUT2D eigenvalue weighted by Crippen LogP contribution is -2.14. The number of nitrogens with two attached hydrogens (primary N) is 1. The predicted octanol–water partition coefficient (Wildman–Crippen LogP) is 1.48. The number of hydrogen-bond acceptors (Lipinski definition) is 4. The molecule has 1 aromatic rings. The Kier molecular flexibility index (Phi) is 3.95. The van der Waals surface area contributed by atoms with Gasteiger partial charge in [0.1, 0.15) is 5.75 Å². The van der Waals surface area contributed by atoms with Crippen molar-refractivity contribution in [2.75, 3.05) is 7.11 Å². The quantitative estimate of drug-likeness (QED) is 0.852. The highest BCUT2D eigenvalue weighted by Crippen LogP contribution is 2.30. The zero-order valence-electron chi connectivity index (χ0n) is 8.03. The molecule has 0 spiro atoms. The Morgan fingerprint density at radius 2 is 2.06 bits per heavy atom. The molecule has 16 heavy (non-hydrogen) atoms. The molecule has 0 aliphatic carbocycles. The second kappa shape index (κ2) is 4.70. The molecule has 1 aromatic carbocycles. The average Bonchev–Trinajstić information content (AvgIpc) is 2.14. The number of benzene rings is 1. The molecular weight excluding hydrogens is 322 g/mol. The number of carbonyl (C=O) groups excluding carboxylic acids is 1. The van der Waals surface area contributed by atoms with Gasteiger partial charge in [-0.25, -0.2) is 13.6 Å². The molecule has 0 aliphatic heterocycles. The maximum atomic E-state index is 11.2. The Balaban J connectivity index is 3.58. The first-order valence-corrected chi connectivity index (χ1v) is 6.59. The standard InChI is InChI=1S/C8H7BrClNO4S/c1-15-6-3-5(9)7(16(11,13)14)2-4(6)8(10)12/h2-3H,1H3,(H2,11,13,14). The molecule has 0 fully saturated rings. The lowest BCUT2D eigenvalue weighted by atomic mass is 10.2. The zero-order valence-corrected chi connectivity index (χ0v) is 11.2. The van der Waals surface area contributed by atoms with Crippen LogP contribution in [0.4, 0.5) is 0 Å². The van der Waals surface area contributed by atoms with Crippen LogP contribution >= 0.6 is 27.5 Å². The number of primary sulfonamides is 1. The monoisotopic (exact) mass is 327 g/mol. The lowest BCUT2D eigenvalue weighted by Gasteiger charge is -2.08. The van der Waals surface area contributed by atoms with Gasteiger partial charge < -0.3 is 4.74 Å². The number of sulfonamides is 1. The van der Waals surface area contributed by atoms with E-state index in [2.05, 4.69) is 15.9 Å². The van der Waals surface area contributed by atoms with E-state index < -0.39 is 15.3 Å². The maximum absolute atomic E-state index is 11.2. The number of methoxy groups -OCH3 is 1. The minimum Gasteiger partial charge on any atom is -0.496 e. The van der Waals surface area contributed by atoms with E-state index >= 15 is 0 Å². The lowest BCUT2D eigenvalue weighted by molar-refractivity contribution is 0.107. The van der Waals surface area contributed by atoms with Crippen LogP contribution in [0.3, 0.4) is 0 Å². The summed E-state index contributed by atoms with van der Waals surface area (Å²) in [4.78, 5) is 10.8. The van der Waals surface area contributed by atoms with E-state index in [1.165, 1.54) is 13.2 Å². The van der Waals surface area contributed by atoms with Gasteiger partial charge >= 0.3 is 0 Å². The summed E-state index contributed by atoms with van der Waals surface area (Å²) >= 11 is 8.31. The second-order valence-electron chi connectivity index (χ2n) is 2.80. The molecule has 0 heterocycles. The molecule has 0 saturated carbocycles. The summed E-state index contributed by atoms with van der Waals surface area (Å²) in [6, 6.07) is 2.38. The fourth-order valence-corrected chi connectivity index (χ4v) is 2.84. The highest BCUT2D eigenvalue weighted by atomic mass is 79.9. The van der Waals surface area contributed by atoms with Gasteiger partial charge in [-0.15, -0.1) is 0 Å². The van der Waals surface area contributed by atoms with Crippen molar-refractivity contribution in [3.05, 3.63) is 22.2 Å². The second-order valence-corrected chi connectivity index (χ2v) is 5.53. The van der Waals surface area contributed by atoms with E-state index in [-0.39, 0.29) is 20.7 Å². The minimum absolute atomic E-state index is 0.0589. The molecule has 0 atom stereocenters. The highest BCUT2D eigenvalue weighted by Gasteiger charge is 2.19. The average molecular weight is 329 g/mol. The molecule has 0 aliphatic rings. The molecule has 88 valence electrons. The Bertz CT molecular complexity index is 543. The molecule has 0 radical (unpaired) electrons. The van der Waals surface area contributed by atoms with Gasteiger partial charge in [-0.3, -0.25) is 4.79 Å². The predicted molar refractivity (Wildman–Crippen MR) is 62.3 cm³/mol. The van der Waals surface area contributed by atoms with Crippen LogP contribution in [0.2, 0.25) is 0 Å². The van der Waals surface area contributed by atoms with Crippen molar-refractivity contribution in [2.24, 2.45) is 5.14 Å². The number of halogens is 2. The molecule has 0 amide bonds. The molecular formula is C8H7BrClNO4S. The number of rotatable bonds is 3. The Labute approximate surface area is 106 Å². The van der Waals surface area contributed by atoms with Gasteiger partial charge in [0.05, 0.1) is 17.6 Å². The van der Waals surface area contributed by atoms with Crippen LogP contribution in [0.25, 0.3) is 0 Å². The largest absolute Gasteiger partial charge is 0.496 e. The molecule has 2 N–H and O–H groups in total. The molecule has 0 saturated heterocycles. The zero-order chi connectivity index (χ0) is 12.5. The summed E-state index contributed by atoms with van der Waals surface area (Å²) in [7, 11) is -2.59. The maximum Gasteiger partial charge on any atom is 0.256 e. The van der Waals surface area contributed by atoms with Crippen LogP contribution < -0.4 is 9.88 Å². The van der Waals surface area contributed by atoms with Gasteiger partial charge in [0.2, 0.25) is 10.0 Å². The van der Waals surface area contributed by atoms with Gasteiger partial charge in [0, 0.05) is 4.47 Å². The summed E-state index contributed by atoms with van der Waals surface area (Å²) in [5, 5.41) is 4.14. The van der Waals surface area contributed by atoms with Gasteiger partial charge in [0.25, 0.3) is 5.24 Å². The van der Waals surface area contributed by atoms with Crippen LogP contribution in [-0.4, -0.2) is 20.8 Å². The van der Waals surface area contributed by atoms with E-state index in [0.29, 0.717) is 0 Å². The summed E-state index contributed by atoms with van der Waals surface area (Å²) in [6.07, 6.45) is 0. The van der Waals surface area contributed by atoms with Gasteiger partial charge in [0.15, 0.2) is 0 Å². The molecule has 1 rings (SSSR count). The third-order valence-corrected chi connectivity index (χ3v) is 3.85. The number of carbonyl (C=O) groups is 1. The van der Waals surface area contributed by atoms with Crippen LogP contribution in [0.15, 0.2) is 21.5 Å².